The quantitative estimate of drug-likeness (QED) is 0.242. The zero-order chi connectivity index (χ0) is 29.3. The van der Waals surface area contributed by atoms with Gasteiger partial charge in [0, 0.05) is 37.1 Å². The molecule has 9 nitrogen and oxygen atoms in total. The third-order valence-corrected chi connectivity index (χ3v) is 10.4. The summed E-state index contributed by atoms with van der Waals surface area (Å²) in [6, 6.07) is 2.57. The van der Waals surface area contributed by atoms with Gasteiger partial charge in [-0.05, 0) is 102 Å². The molecule has 224 valence electrons. The molecular weight excluding hydrogens is 639 g/mol. The molecule has 3 atom stereocenters. The molecular formula is C31H41IN2O7. The molecule has 3 unspecified atom stereocenters. The number of aliphatic hydroxyl groups is 2. The van der Waals surface area contributed by atoms with Gasteiger partial charge in [0.1, 0.15) is 18.5 Å². The predicted molar refractivity (Wildman–Crippen MR) is 161 cm³/mol. The zero-order valence-electron chi connectivity index (χ0n) is 23.8. The number of carbonyl (C=O) groups is 3. The Morgan fingerprint density at radius 2 is 1.83 bits per heavy atom. The van der Waals surface area contributed by atoms with Crippen molar-refractivity contribution in [3.63, 3.8) is 0 Å². The summed E-state index contributed by atoms with van der Waals surface area (Å²) in [6.45, 7) is 2.32. The molecule has 10 heteroatoms. The predicted octanol–water partition coefficient (Wildman–Crippen LogP) is 3.48. The number of rotatable bonds is 11. The summed E-state index contributed by atoms with van der Waals surface area (Å²) in [6.07, 6.45) is 8.02. The molecule has 0 aliphatic heterocycles. The molecule has 1 aromatic rings. The minimum atomic E-state index is -1.10. The lowest BCUT2D eigenvalue weighted by molar-refractivity contribution is -0.146. The maximum atomic E-state index is 13.6. The zero-order valence-corrected chi connectivity index (χ0v) is 26.0. The number of methoxy groups -OCH3 is 1. The number of carbonyl (C=O) groups excluding carboxylic acids is 3. The van der Waals surface area contributed by atoms with Crippen LogP contribution in [0.2, 0.25) is 0 Å². The van der Waals surface area contributed by atoms with Gasteiger partial charge in [-0.3, -0.25) is 14.4 Å². The molecule has 0 heterocycles. The van der Waals surface area contributed by atoms with Crippen LogP contribution in [0.4, 0.5) is 0 Å². The van der Waals surface area contributed by atoms with E-state index in [1.807, 2.05) is 11.8 Å². The van der Waals surface area contributed by atoms with Crippen molar-refractivity contribution >= 4 is 40.7 Å². The molecule has 2 amide bonds. The second kappa shape index (κ2) is 12.6. The van der Waals surface area contributed by atoms with E-state index in [1.165, 1.54) is 26.4 Å². The van der Waals surface area contributed by atoms with E-state index in [0.29, 0.717) is 39.2 Å². The van der Waals surface area contributed by atoms with E-state index in [0.717, 1.165) is 43.3 Å². The number of aldehydes is 1. The first kappa shape index (κ1) is 30.3. The number of benzene rings is 1. The maximum absolute atomic E-state index is 13.6. The fourth-order valence-corrected chi connectivity index (χ4v) is 9.03. The Kier molecular flexibility index (Phi) is 9.30. The first-order chi connectivity index (χ1) is 19.7. The van der Waals surface area contributed by atoms with Crippen LogP contribution in [-0.2, 0) is 9.59 Å². The van der Waals surface area contributed by atoms with E-state index in [-0.39, 0.29) is 36.8 Å². The summed E-state index contributed by atoms with van der Waals surface area (Å²) in [7, 11) is 1.48. The number of nitrogens with one attached hydrogen (secondary N) is 1. The minimum Gasteiger partial charge on any atom is -0.493 e. The highest BCUT2D eigenvalue weighted by atomic mass is 127. The average molecular weight is 681 g/mol. The topological polar surface area (TPSA) is 125 Å². The Morgan fingerprint density at radius 3 is 2.39 bits per heavy atom. The third-order valence-electron chi connectivity index (χ3n) is 9.55. The summed E-state index contributed by atoms with van der Waals surface area (Å²) >= 11 is 2.05. The van der Waals surface area contributed by atoms with Gasteiger partial charge in [0.2, 0.25) is 11.8 Å². The van der Waals surface area contributed by atoms with Crippen LogP contribution in [-0.4, -0.2) is 78.3 Å². The fraction of sp³-hybridized carbons (Fsp3) is 0.645. The van der Waals surface area contributed by atoms with Crippen LogP contribution in [0.5, 0.6) is 11.5 Å². The highest BCUT2D eigenvalue weighted by Gasteiger charge is 2.53. The Hall–Kier alpha value is -2.18. The van der Waals surface area contributed by atoms with Crippen molar-refractivity contribution in [2.24, 2.45) is 23.2 Å². The average Bonchev–Trinajstić information content (AvgIpc) is 2.95. The normalized spacial score (nSPS) is 31.8. The number of hydrogen-bond donors (Lipinski definition) is 3. The molecule has 41 heavy (non-hydrogen) atoms. The highest BCUT2D eigenvalue weighted by molar-refractivity contribution is 14.1. The SMILES string of the molecule is CCC(=O)N(CC12CC3CC(CC(C3)C1)C2)C1CC(C(=O)NCCO)=CC(Oc2c(I)cc(C=O)cc2OC)C1O. The summed E-state index contributed by atoms with van der Waals surface area (Å²) in [5, 5.41) is 23.8. The van der Waals surface area contributed by atoms with E-state index >= 15 is 0 Å². The van der Waals surface area contributed by atoms with Gasteiger partial charge in [-0.15, -0.1) is 0 Å². The summed E-state index contributed by atoms with van der Waals surface area (Å²) in [4.78, 5) is 40.0. The number of hydrogen-bond acceptors (Lipinski definition) is 7. The molecule has 5 aliphatic carbocycles. The molecule has 0 aromatic heterocycles. The Balaban J connectivity index is 1.48. The van der Waals surface area contributed by atoms with Gasteiger partial charge >= 0.3 is 0 Å². The van der Waals surface area contributed by atoms with Crippen molar-refractivity contribution in [2.75, 3.05) is 26.8 Å². The van der Waals surface area contributed by atoms with Gasteiger partial charge < -0.3 is 29.9 Å². The van der Waals surface area contributed by atoms with Crippen molar-refractivity contribution in [3.05, 3.63) is 32.9 Å². The largest absolute Gasteiger partial charge is 0.493 e. The van der Waals surface area contributed by atoms with Gasteiger partial charge in [-0.1, -0.05) is 6.92 Å². The van der Waals surface area contributed by atoms with Gasteiger partial charge in [0.15, 0.2) is 11.5 Å². The minimum absolute atomic E-state index is 0.0388. The maximum Gasteiger partial charge on any atom is 0.247 e. The second-order valence-corrected chi connectivity index (χ2v) is 13.6. The molecule has 4 fully saturated rings. The van der Waals surface area contributed by atoms with Gasteiger partial charge in [-0.2, -0.15) is 0 Å². The first-order valence-electron chi connectivity index (χ1n) is 14.8. The number of ether oxygens (including phenoxy) is 2. The second-order valence-electron chi connectivity index (χ2n) is 12.5. The molecule has 0 spiro atoms. The highest BCUT2D eigenvalue weighted by Crippen LogP contribution is 2.60. The Bertz CT molecular complexity index is 1170. The number of aliphatic hydroxyl groups excluding tert-OH is 2. The number of halogens is 1. The van der Waals surface area contributed by atoms with Crippen LogP contribution in [0.1, 0.15) is 68.6 Å². The van der Waals surface area contributed by atoms with Gasteiger partial charge in [0.25, 0.3) is 0 Å². The van der Waals surface area contributed by atoms with E-state index in [1.54, 1.807) is 18.2 Å². The van der Waals surface area contributed by atoms with Crippen molar-refractivity contribution in [1.29, 1.82) is 0 Å². The standard InChI is InChI=1S/C31H41IN2O7/c1-3-27(37)34(17-31-13-18-6-19(14-31)8-20(7-18)15-31)24-11-22(30(39)33-4-5-35)12-25(28(24)38)41-29-23(32)9-21(16-36)10-26(29)40-2/h9-10,12,16,18-20,24-25,28,35,38H,3-8,11,13-15,17H2,1-2H3,(H,33,39). The molecule has 5 aliphatic rings. The van der Waals surface area contributed by atoms with Crippen molar-refractivity contribution in [2.45, 2.75) is 76.5 Å². The molecule has 1 aromatic carbocycles. The Morgan fingerprint density at radius 1 is 1.17 bits per heavy atom. The number of amides is 2. The molecule has 6 rings (SSSR count). The van der Waals surface area contributed by atoms with E-state index in [4.69, 9.17) is 9.47 Å². The Labute approximate surface area is 255 Å². The van der Waals surface area contributed by atoms with E-state index in [9.17, 15) is 24.6 Å². The lowest BCUT2D eigenvalue weighted by atomic mass is 9.49. The molecule has 3 N–H and O–H groups in total. The molecule has 0 radical (unpaired) electrons. The fourth-order valence-electron chi connectivity index (χ4n) is 8.28. The van der Waals surface area contributed by atoms with Crippen molar-refractivity contribution < 1.29 is 34.1 Å². The molecule has 0 saturated heterocycles. The third kappa shape index (κ3) is 6.29. The van der Waals surface area contributed by atoms with E-state index in [2.05, 4.69) is 27.9 Å². The lowest BCUT2D eigenvalue weighted by Gasteiger charge is -2.58. The van der Waals surface area contributed by atoms with Crippen LogP contribution in [0.3, 0.4) is 0 Å². The summed E-state index contributed by atoms with van der Waals surface area (Å²) < 4.78 is 12.5. The van der Waals surface area contributed by atoms with Crippen LogP contribution >= 0.6 is 22.6 Å². The smallest absolute Gasteiger partial charge is 0.247 e. The van der Waals surface area contributed by atoms with Gasteiger partial charge in [-0.25, -0.2) is 0 Å². The van der Waals surface area contributed by atoms with E-state index < -0.39 is 18.2 Å². The van der Waals surface area contributed by atoms with Gasteiger partial charge in [0.05, 0.1) is 23.3 Å². The number of nitrogens with zero attached hydrogens (tertiary/aromatic N) is 1. The molecule has 4 saturated carbocycles. The van der Waals surface area contributed by atoms with Crippen molar-refractivity contribution in [3.8, 4) is 11.5 Å². The molecule has 4 bridgehead atoms. The van der Waals surface area contributed by atoms with Crippen LogP contribution < -0.4 is 14.8 Å². The van der Waals surface area contributed by atoms with Crippen LogP contribution in [0.25, 0.3) is 0 Å². The van der Waals surface area contributed by atoms with Crippen molar-refractivity contribution in [1.82, 2.24) is 10.2 Å². The lowest BCUT2D eigenvalue weighted by Crippen LogP contribution is -2.59. The summed E-state index contributed by atoms with van der Waals surface area (Å²) in [5.41, 5.74) is 0.881. The van der Waals surface area contributed by atoms with Crippen LogP contribution in [0.15, 0.2) is 23.8 Å². The monoisotopic (exact) mass is 680 g/mol. The first-order valence-corrected chi connectivity index (χ1v) is 15.8. The van der Waals surface area contributed by atoms with Crippen LogP contribution in [0, 0.1) is 26.7 Å². The summed E-state index contributed by atoms with van der Waals surface area (Å²) in [5.74, 6) is 2.44.